The van der Waals surface area contributed by atoms with E-state index in [4.69, 9.17) is 0 Å². The van der Waals surface area contributed by atoms with Crippen molar-refractivity contribution in [2.75, 3.05) is 5.32 Å². The summed E-state index contributed by atoms with van der Waals surface area (Å²) in [6, 6.07) is 6.89. The van der Waals surface area contributed by atoms with Crippen molar-refractivity contribution < 1.29 is 22.4 Å². The fourth-order valence-electron chi connectivity index (χ4n) is 2.35. The number of rotatable bonds is 3. The van der Waals surface area contributed by atoms with Gasteiger partial charge in [0.2, 0.25) is 0 Å². The fraction of sp³-hybridized carbons (Fsp3) is 0.125. The molecular weight excluding hydrogens is 354 g/mol. The first-order valence-corrected chi connectivity index (χ1v) is 7.28. The molecule has 0 aliphatic rings. The summed E-state index contributed by atoms with van der Waals surface area (Å²) in [6.45, 7) is 1.76. The highest BCUT2D eigenvalue weighted by molar-refractivity contribution is 6.04. The number of amides is 1. The molecule has 2 aromatic carbocycles. The number of nitrogens with one attached hydrogen (secondary N) is 1. The van der Waals surface area contributed by atoms with Gasteiger partial charge < -0.3 is 5.32 Å². The summed E-state index contributed by atoms with van der Waals surface area (Å²) < 4.78 is 53.0. The van der Waals surface area contributed by atoms with Crippen LogP contribution in [0.25, 0.3) is 5.69 Å². The molecule has 0 saturated carbocycles. The Morgan fingerprint density at radius 2 is 1.92 bits per heavy atom. The van der Waals surface area contributed by atoms with Crippen LogP contribution in [0.5, 0.6) is 0 Å². The molecule has 134 valence electrons. The predicted molar refractivity (Wildman–Crippen MR) is 83.2 cm³/mol. The van der Waals surface area contributed by atoms with Crippen molar-refractivity contribution >= 4 is 11.6 Å². The van der Waals surface area contributed by atoms with Gasteiger partial charge in [-0.3, -0.25) is 4.79 Å². The Morgan fingerprint density at radius 1 is 1.15 bits per heavy atom. The number of aryl methyl sites for hydroxylation is 1. The van der Waals surface area contributed by atoms with Crippen LogP contribution < -0.4 is 5.32 Å². The minimum Gasteiger partial charge on any atom is -0.322 e. The van der Waals surface area contributed by atoms with Crippen LogP contribution in [-0.4, -0.2) is 26.1 Å². The lowest BCUT2D eigenvalue weighted by Gasteiger charge is -2.11. The van der Waals surface area contributed by atoms with Gasteiger partial charge in [0, 0.05) is 11.3 Å². The van der Waals surface area contributed by atoms with Crippen LogP contribution >= 0.6 is 0 Å². The van der Waals surface area contributed by atoms with Gasteiger partial charge in [0.1, 0.15) is 12.1 Å². The van der Waals surface area contributed by atoms with Crippen molar-refractivity contribution in [3.8, 4) is 5.69 Å². The Hall–Kier alpha value is -3.30. The number of carbonyl (C=O) groups excluding carboxylic acids is 1. The Balaban J connectivity index is 1.84. The van der Waals surface area contributed by atoms with Gasteiger partial charge in [-0.05, 0) is 59.3 Å². The topological polar surface area (TPSA) is 72.7 Å². The molecule has 0 unspecified atom stereocenters. The number of alkyl halides is 3. The number of carbonyl (C=O) groups is 1. The Labute approximate surface area is 144 Å². The number of nitrogens with zero attached hydrogens (tertiary/aromatic N) is 4. The average molecular weight is 365 g/mol. The first-order chi connectivity index (χ1) is 12.3. The molecule has 0 radical (unpaired) electrons. The number of tetrazole rings is 1. The summed E-state index contributed by atoms with van der Waals surface area (Å²) in [6.07, 6.45) is -3.48. The second-order valence-corrected chi connectivity index (χ2v) is 5.40. The van der Waals surface area contributed by atoms with E-state index in [0.717, 1.165) is 11.6 Å². The first-order valence-electron chi connectivity index (χ1n) is 7.28. The Bertz CT molecular complexity index is 954. The van der Waals surface area contributed by atoms with E-state index < -0.39 is 23.5 Å². The molecule has 0 bridgehead atoms. The highest BCUT2D eigenvalue weighted by Crippen LogP contribution is 2.32. The van der Waals surface area contributed by atoms with Gasteiger partial charge in [0.05, 0.1) is 11.3 Å². The number of benzene rings is 2. The summed E-state index contributed by atoms with van der Waals surface area (Å²) in [7, 11) is 0. The maximum absolute atomic E-state index is 13.3. The summed E-state index contributed by atoms with van der Waals surface area (Å²) >= 11 is 0. The lowest BCUT2D eigenvalue weighted by molar-refractivity contribution is -0.140. The minimum atomic E-state index is -4.88. The zero-order valence-electron chi connectivity index (χ0n) is 13.3. The van der Waals surface area contributed by atoms with Crippen LogP contribution in [0.2, 0.25) is 0 Å². The average Bonchev–Trinajstić information content (AvgIpc) is 3.08. The molecule has 6 nitrogen and oxygen atoms in total. The van der Waals surface area contributed by atoms with Crippen LogP contribution in [0.4, 0.5) is 23.2 Å². The maximum Gasteiger partial charge on any atom is 0.419 e. The maximum atomic E-state index is 13.3. The van der Waals surface area contributed by atoms with E-state index in [1.165, 1.54) is 11.0 Å². The molecule has 1 aromatic heterocycles. The number of anilines is 1. The molecule has 1 amide bonds. The molecule has 0 aliphatic heterocycles. The van der Waals surface area contributed by atoms with Gasteiger partial charge in [-0.25, -0.2) is 9.07 Å². The highest BCUT2D eigenvalue weighted by Gasteiger charge is 2.34. The monoisotopic (exact) mass is 365 g/mol. The van der Waals surface area contributed by atoms with Crippen LogP contribution in [0.1, 0.15) is 21.5 Å². The third-order valence-electron chi connectivity index (χ3n) is 3.58. The molecule has 0 atom stereocenters. The molecule has 0 saturated heterocycles. The second-order valence-electron chi connectivity index (χ2n) is 5.40. The number of halogens is 4. The van der Waals surface area contributed by atoms with Gasteiger partial charge in [0.15, 0.2) is 0 Å². The summed E-state index contributed by atoms with van der Waals surface area (Å²) in [5.41, 5.74) is -0.0298. The largest absolute Gasteiger partial charge is 0.419 e. The molecular formula is C16H11F4N5O. The fourth-order valence-corrected chi connectivity index (χ4v) is 2.35. The molecule has 10 heteroatoms. The summed E-state index contributed by atoms with van der Waals surface area (Å²) in [5.74, 6) is -2.22. The summed E-state index contributed by atoms with van der Waals surface area (Å²) in [4.78, 5) is 12.2. The third-order valence-corrected chi connectivity index (χ3v) is 3.58. The predicted octanol–water partition coefficient (Wildman–Crippen LogP) is 3.38. The van der Waals surface area contributed by atoms with Gasteiger partial charge >= 0.3 is 6.18 Å². The van der Waals surface area contributed by atoms with Gasteiger partial charge in [-0.1, -0.05) is 0 Å². The lowest BCUT2D eigenvalue weighted by atomic mass is 10.1. The molecule has 3 rings (SSSR count). The van der Waals surface area contributed by atoms with E-state index in [0.29, 0.717) is 23.5 Å². The van der Waals surface area contributed by atoms with Crippen molar-refractivity contribution in [3.63, 3.8) is 0 Å². The van der Waals surface area contributed by atoms with E-state index in [1.807, 2.05) is 0 Å². The van der Waals surface area contributed by atoms with Crippen LogP contribution in [0.3, 0.4) is 0 Å². The number of hydrogen-bond acceptors (Lipinski definition) is 4. The van der Waals surface area contributed by atoms with Gasteiger partial charge in [0.25, 0.3) is 5.91 Å². The molecule has 0 spiro atoms. The summed E-state index contributed by atoms with van der Waals surface area (Å²) in [5, 5.41) is 13.3. The SMILES string of the molecule is Cc1cc(NC(=O)c2ccc(F)c(C(F)(F)F)c2)ccc1-n1cnnn1. The Kier molecular flexibility index (Phi) is 4.41. The van der Waals surface area contributed by atoms with E-state index in [2.05, 4.69) is 20.8 Å². The van der Waals surface area contributed by atoms with Crippen molar-refractivity contribution in [3.05, 3.63) is 65.2 Å². The van der Waals surface area contributed by atoms with Gasteiger partial charge in [-0.15, -0.1) is 5.10 Å². The standard InChI is InChI=1S/C16H11F4N5O/c1-9-6-11(3-5-14(9)25-8-21-23-24-25)22-15(26)10-2-4-13(17)12(7-10)16(18,19)20/h2-8H,1H3,(H,22,26). The van der Waals surface area contributed by atoms with Crippen LogP contribution in [-0.2, 0) is 6.18 Å². The molecule has 1 heterocycles. The molecule has 26 heavy (non-hydrogen) atoms. The van der Waals surface area contributed by atoms with Crippen LogP contribution in [0, 0.1) is 12.7 Å². The second kappa shape index (κ2) is 6.54. The lowest BCUT2D eigenvalue weighted by Crippen LogP contribution is -2.15. The van der Waals surface area contributed by atoms with Crippen molar-refractivity contribution in [2.24, 2.45) is 0 Å². The highest BCUT2D eigenvalue weighted by atomic mass is 19.4. The smallest absolute Gasteiger partial charge is 0.322 e. The quantitative estimate of drug-likeness (QED) is 0.723. The number of aromatic nitrogens is 4. The minimum absolute atomic E-state index is 0.305. The zero-order valence-corrected chi connectivity index (χ0v) is 13.3. The van der Waals surface area contributed by atoms with E-state index in [9.17, 15) is 22.4 Å². The molecule has 0 fully saturated rings. The molecule has 0 aliphatic carbocycles. The Morgan fingerprint density at radius 3 is 2.54 bits per heavy atom. The molecule has 1 N–H and O–H groups in total. The van der Waals surface area contributed by atoms with Gasteiger partial charge in [-0.2, -0.15) is 13.2 Å². The van der Waals surface area contributed by atoms with Crippen molar-refractivity contribution in [2.45, 2.75) is 13.1 Å². The van der Waals surface area contributed by atoms with Crippen LogP contribution in [0.15, 0.2) is 42.7 Å². The van der Waals surface area contributed by atoms with E-state index >= 15 is 0 Å². The molecule has 3 aromatic rings. The number of hydrogen-bond donors (Lipinski definition) is 1. The normalized spacial score (nSPS) is 11.4. The van der Waals surface area contributed by atoms with Crippen molar-refractivity contribution in [1.82, 2.24) is 20.2 Å². The van der Waals surface area contributed by atoms with Crippen molar-refractivity contribution in [1.29, 1.82) is 0 Å². The van der Waals surface area contributed by atoms with E-state index in [1.54, 1.807) is 25.1 Å². The first kappa shape index (κ1) is 17.5. The zero-order chi connectivity index (χ0) is 18.9. The van der Waals surface area contributed by atoms with E-state index in [-0.39, 0.29) is 5.56 Å². The third kappa shape index (κ3) is 3.53.